The fourth-order valence-electron chi connectivity index (χ4n) is 3.04. The molecular weight excluding hydrogens is 565 g/mol. The zero-order valence-electron chi connectivity index (χ0n) is 17.6. The third-order valence-corrected chi connectivity index (χ3v) is 7.05. The molecule has 0 spiro atoms. The zero-order valence-corrected chi connectivity index (χ0v) is 21.5. The Morgan fingerprint density at radius 2 is 2.09 bits per heavy atom. The van der Waals surface area contributed by atoms with Crippen LogP contribution < -0.4 is 15.4 Å². The Kier molecular flexibility index (Phi) is 7.82. The molecule has 8 nitrogen and oxygen atoms in total. The summed E-state index contributed by atoms with van der Waals surface area (Å²) in [7, 11) is 0. The molecule has 0 atom stereocenters. The van der Waals surface area contributed by atoms with Crippen molar-refractivity contribution in [3.8, 4) is 11.7 Å². The summed E-state index contributed by atoms with van der Waals surface area (Å²) >= 11 is 17.6. The van der Waals surface area contributed by atoms with Gasteiger partial charge >= 0.3 is 0 Å². The molecule has 3 aromatic rings. The van der Waals surface area contributed by atoms with E-state index < -0.39 is 11.8 Å². The van der Waals surface area contributed by atoms with Crippen molar-refractivity contribution in [2.75, 3.05) is 23.4 Å². The monoisotopic (exact) mass is 581 g/mol. The van der Waals surface area contributed by atoms with Gasteiger partial charge < -0.3 is 15.4 Å². The Morgan fingerprint density at radius 1 is 1.29 bits per heavy atom. The van der Waals surface area contributed by atoms with Crippen molar-refractivity contribution in [2.24, 2.45) is 0 Å². The van der Waals surface area contributed by atoms with Gasteiger partial charge in [0.2, 0.25) is 5.88 Å². The van der Waals surface area contributed by atoms with Gasteiger partial charge in [-0.3, -0.25) is 9.59 Å². The largest absolute Gasteiger partial charge is 0.472 e. The summed E-state index contributed by atoms with van der Waals surface area (Å²) in [6.07, 6.45) is 3.12. The number of rotatable bonds is 8. The summed E-state index contributed by atoms with van der Waals surface area (Å²) in [6, 6.07) is 7.89. The SMILES string of the molecule is C=CCNC(=O)c1cc(Cl)cc(Br)c1NC(=O)c1cc(OC2CSC2)nn1-c1ncccc1Cl. The van der Waals surface area contributed by atoms with E-state index in [0.717, 1.165) is 11.5 Å². The third-order valence-electron chi connectivity index (χ3n) is 4.70. The van der Waals surface area contributed by atoms with Crippen LogP contribution in [-0.2, 0) is 0 Å². The molecule has 1 saturated heterocycles. The van der Waals surface area contributed by atoms with Crippen LogP contribution in [0.15, 0.2) is 53.7 Å². The highest BCUT2D eigenvalue weighted by Gasteiger charge is 2.26. The topological polar surface area (TPSA) is 98.1 Å². The minimum atomic E-state index is -0.548. The first kappa shape index (κ1) is 24.6. The Bertz CT molecular complexity index is 1270. The van der Waals surface area contributed by atoms with Gasteiger partial charge in [0.15, 0.2) is 5.82 Å². The van der Waals surface area contributed by atoms with Crippen LogP contribution in [0.5, 0.6) is 5.88 Å². The number of amides is 2. The molecule has 0 radical (unpaired) electrons. The second-order valence-electron chi connectivity index (χ2n) is 7.13. The van der Waals surface area contributed by atoms with E-state index in [1.165, 1.54) is 16.8 Å². The Balaban J connectivity index is 1.71. The highest BCUT2D eigenvalue weighted by Crippen LogP contribution is 2.32. The Morgan fingerprint density at radius 3 is 2.76 bits per heavy atom. The summed E-state index contributed by atoms with van der Waals surface area (Å²) in [6.45, 7) is 3.84. The first-order valence-corrected chi connectivity index (χ1v) is 12.7. The maximum atomic E-state index is 13.4. The van der Waals surface area contributed by atoms with Crippen LogP contribution in [0.1, 0.15) is 20.8 Å². The van der Waals surface area contributed by atoms with E-state index in [1.54, 1.807) is 42.2 Å². The van der Waals surface area contributed by atoms with Crippen molar-refractivity contribution >= 4 is 68.4 Å². The van der Waals surface area contributed by atoms with Crippen LogP contribution in [0.25, 0.3) is 5.82 Å². The average molecular weight is 583 g/mol. The number of aromatic nitrogens is 3. The van der Waals surface area contributed by atoms with E-state index in [2.05, 4.69) is 43.2 Å². The normalized spacial score (nSPS) is 13.1. The van der Waals surface area contributed by atoms with E-state index in [4.69, 9.17) is 27.9 Å². The van der Waals surface area contributed by atoms with E-state index in [-0.39, 0.29) is 41.3 Å². The minimum Gasteiger partial charge on any atom is -0.472 e. The van der Waals surface area contributed by atoms with Crippen molar-refractivity contribution in [1.82, 2.24) is 20.1 Å². The zero-order chi connectivity index (χ0) is 24.2. The molecule has 12 heteroatoms. The van der Waals surface area contributed by atoms with Gasteiger partial charge in [0.1, 0.15) is 11.8 Å². The van der Waals surface area contributed by atoms with Gasteiger partial charge in [-0.2, -0.15) is 11.8 Å². The van der Waals surface area contributed by atoms with Gasteiger partial charge in [-0.05, 0) is 40.2 Å². The summed E-state index contributed by atoms with van der Waals surface area (Å²) in [5.41, 5.74) is 0.551. The molecule has 3 heterocycles. The summed E-state index contributed by atoms with van der Waals surface area (Å²) in [5, 5.41) is 10.5. The number of nitrogens with one attached hydrogen (secondary N) is 2. The number of hydrogen-bond acceptors (Lipinski definition) is 6. The molecule has 34 heavy (non-hydrogen) atoms. The summed E-state index contributed by atoms with van der Waals surface area (Å²) in [5.74, 6) is 1.26. The van der Waals surface area contributed by atoms with Crippen molar-refractivity contribution in [3.63, 3.8) is 0 Å². The van der Waals surface area contributed by atoms with Gasteiger partial charge in [0.25, 0.3) is 11.8 Å². The predicted octanol–water partition coefficient (Wildman–Crippen LogP) is 5.00. The van der Waals surface area contributed by atoms with Gasteiger partial charge in [0, 0.05) is 39.8 Å². The lowest BCUT2D eigenvalue weighted by Gasteiger charge is -2.24. The standard InChI is InChI=1S/C22H18BrCl2N5O3S/c1-2-5-27-21(31)14-7-12(24)8-15(23)19(14)28-22(32)17-9-18(33-13-10-34-11-13)29-30(17)20-16(25)4-3-6-26-20/h2-4,6-9,13H,1,5,10-11H2,(H,27,31)(H,28,32). The van der Waals surface area contributed by atoms with Crippen LogP contribution in [0, 0.1) is 0 Å². The number of carbonyl (C=O) groups excluding carboxylic acids is 2. The number of halogens is 3. The first-order valence-electron chi connectivity index (χ1n) is 10.0. The lowest BCUT2D eigenvalue weighted by molar-refractivity contribution is 0.0959. The quantitative estimate of drug-likeness (QED) is 0.363. The number of anilines is 1. The molecular formula is C22H18BrCl2N5O3S. The van der Waals surface area contributed by atoms with Crippen molar-refractivity contribution in [1.29, 1.82) is 0 Å². The molecule has 4 rings (SSSR count). The molecule has 176 valence electrons. The predicted molar refractivity (Wildman–Crippen MR) is 138 cm³/mol. The second kappa shape index (κ2) is 10.8. The minimum absolute atomic E-state index is 0.0223. The smallest absolute Gasteiger partial charge is 0.274 e. The van der Waals surface area contributed by atoms with Crippen molar-refractivity contribution < 1.29 is 14.3 Å². The van der Waals surface area contributed by atoms with Crippen LogP contribution in [0.4, 0.5) is 5.69 Å². The second-order valence-corrected chi connectivity index (χ2v) is 9.90. The van der Waals surface area contributed by atoms with Crippen LogP contribution in [-0.4, -0.2) is 50.7 Å². The maximum Gasteiger partial charge on any atom is 0.274 e. The first-order chi connectivity index (χ1) is 16.4. The number of pyridine rings is 1. The highest BCUT2D eigenvalue weighted by molar-refractivity contribution is 9.10. The van der Waals surface area contributed by atoms with Gasteiger partial charge in [-0.1, -0.05) is 29.3 Å². The third kappa shape index (κ3) is 5.41. The van der Waals surface area contributed by atoms with E-state index in [1.807, 2.05) is 0 Å². The molecule has 0 bridgehead atoms. The van der Waals surface area contributed by atoms with Crippen LogP contribution >= 0.6 is 50.9 Å². The molecule has 1 aliphatic heterocycles. The highest BCUT2D eigenvalue weighted by atomic mass is 79.9. The van der Waals surface area contributed by atoms with E-state index in [0.29, 0.717) is 14.5 Å². The van der Waals surface area contributed by atoms with Crippen molar-refractivity contribution in [2.45, 2.75) is 6.10 Å². The van der Waals surface area contributed by atoms with Gasteiger partial charge in [-0.15, -0.1) is 11.7 Å². The lowest BCUT2D eigenvalue weighted by atomic mass is 10.1. The molecule has 1 aliphatic rings. The summed E-state index contributed by atoms with van der Waals surface area (Å²) < 4.78 is 7.63. The number of thioether (sulfide) groups is 1. The van der Waals surface area contributed by atoms with E-state index in [9.17, 15) is 9.59 Å². The maximum absolute atomic E-state index is 13.4. The molecule has 2 aromatic heterocycles. The molecule has 1 fully saturated rings. The number of benzene rings is 1. The van der Waals surface area contributed by atoms with Crippen molar-refractivity contribution in [3.05, 3.63) is 75.0 Å². The fraction of sp³-hybridized carbons (Fsp3) is 0.182. The Hall–Kier alpha value is -2.53. The van der Waals surface area contributed by atoms with Crippen LogP contribution in [0.2, 0.25) is 10.0 Å². The van der Waals surface area contributed by atoms with Gasteiger partial charge in [0.05, 0.1) is 16.3 Å². The lowest BCUT2D eigenvalue weighted by Crippen LogP contribution is -2.31. The fourth-order valence-corrected chi connectivity index (χ4v) is 4.72. The molecule has 2 amide bonds. The van der Waals surface area contributed by atoms with Gasteiger partial charge in [-0.25, -0.2) is 9.67 Å². The average Bonchev–Trinajstić information content (AvgIpc) is 3.20. The molecule has 0 aliphatic carbocycles. The number of hydrogen-bond donors (Lipinski definition) is 2. The molecule has 0 saturated carbocycles. The number of nitrogens with zero attached hydrogens (tertiary/aromatic N) is 3. The summed E-state index contributed by atoms with van der Waals surface area (Å²) in [4.78, 5) is 30.4. The molecule has 0 unspecified atom stereocenters. The number of carbonyl (C=O) groups is 2. The van der Waals surface area contributed by atoms with Crippen LogP contribution in [0.3, 0.4) is 0 Å². The number of ether oxygens (including phenoxy) is 1. The Labute approximate surface area is 218 Å². The van der Waals surface area contributed by atoms with E-state index >= 15 is 0 Å². The molecule has 2 N–H and O–H groups in total. The molecule has 1 aromatic carbocycles.